The Balaban J connectivity index is 1.73. The fourth-order valence-electron chi connectivity index (χ4n) is 3.31. The van der Waals surface area contributed by atoms with Gasteiger partial charge in [-0.25, -0.2) is 4.98 Å². The van der Waals surface area contributed by atoms with Gasteiger partial charge in [-0.05, 0) is 25.3 Å². The smallest absolute Gasteiger partial charge is 0.215 e. The van der Waals surface area contributed by atoms with Crippen LogP contribution in [0.1, 0.15) is 31.0 Å². The molecular formula is C13H16N4O. The first-order chi connectivity index (χ1) is 8.83. The number of hydrogen-bond donors (Lipinski definition) is 2. The van der Waals surface area contributed by atoms with Crippen molar-refractivity contribution in [2.45, 2.75) is 37.3 Å². The maximum absolute atomic E-state index is 5.13. The van der Waals surface area contributed by atoms with Crippen LogP contribution in [0.25, 0.3) is 11.2 Å². The normalized spacial score (nSPS) is 30.2. The first-order valence-corrected chi connectivity index (χ1v) is 6.50. The lowest BCUT2D eigenvalue weighted by Crippen LogP contribution is -2.22. The van der Waals surface area contributed by atoms with Crippen molar-refractivity contribution < 1.29 is 4.74 Å². The fraction of sp³-hybridized carbons (Fsp3) is 0.538. The number of aromatic nitrogens is 3. The summed E-state index contributed by atoms with van der Waals surface area (Å²) in [5, 5.41) is 3.64. The lowest BCUT2D eigenvalue weighted by Gasteiger charge is -2.17. The molecular weight excluding hydrogens is 228 g/mol. The lowest BCUT2D eigenvalue weighted by atomic mass is 9.89. The number of aromatic amines is 1. The molecule has 0 aromatic carbocycles. The van der Waals surface area contributed by atoms with E-state index in [2.05, 4.69) is 20.3 Å². The highest BCUT2D eigenvalue weighted by molar-refractivity contribution is 5.71. The molecule has 0 saturated carbocycles. The second kappa shape index (κ2) is 3.68. The third-order valence-electron chi connectivity index (χ3n) is 4.20. The van der Waals surface area contributed by atoms with Gasteiger partial charge in [-0.2, -0.15) is 4.98 Å². The molecule has 2 saturated heterocycles. The first-order valence-electron chi connectivity index (χ1n) is 6.50. The van der Waals surface area contributed by atoms with E-state index >= 15 is 0 Å². The highest BCUT2D eigenvalue weighted by Gasteiger charge is 2.41. The predicted molar refractivity (Wildman–Crippen MR) is 67.7 cm³/mol. The number of methoxy groups -OCH3 is 1. The number of fused-ring (bicyclic) bond motifs is 3. The fourth-order valence-corrected chi connectivity index (χ4v) is 3.31. The van der Waals surface area contributed by atoms with E-state index < -0.39 is 0 Å². The molecule has 0 spiro atoms. The summed E-state index contributed by atoms with van der Waals surface area (Å²) >= 11 is 0. The zero-order chi connectivity index (χ0) is 12.1. The van der Waals surface area contributed by atoms with Crippen LogP contribution in [-0.4, -0.2) is 34.1 Å². The quantitative estimate of drug-likeness (QED) is 0.841. The standard InChI is InChI=1S/C13H16N4O/c1-18-11-5-4-10-13(16-11)17-12(15-10)8-6-7-2-3-9(8)14-7/h4-5,7-9,14H,2-3,6H2,1H3,(H,15,16,17). The van der Waals surface area contributed by atoms with Gasteiger partial charge in [-0.15, -0.1) is 0 Å². The average molecular weight is 244 g/mol. The molecule has 0 aliphatic carbocycles. The van der Waals surface area contributed by atoms with Gasteiger partial charge in [0.15, 0.2) is 5.65 Å². The third kappa shape index (κ3) is 1.43. The lowest BCUT2D eigenvalue weighted by molar-refractivity contribution is 0.399. The Kier molecular flexibility index (Phi) is 2.11. The number of hydrogen-bond acceptors (Lipinski definition) is 4. The number of pyridine rings is 1. The topological polar surface area (TPSA) is 62.8 Å². The van der Waals surface area contributed by atoms with Crippen molar-refractivity contribution in [1.29, 1.82) is 0 Å². The second-order valence-electron chi connectivity index (χ2n) is 5.24. The van der Waals surface area contributed by atoms with Gasteiger partial charge in [0, 0.05) is 24.1 Å². The molecule has 2 aromatic rings. The largest absolute Gasteiger partial charge is 0.481 e. The Labute approximate surface area is 105 Å². The van der Waals surface area contributed by atoms with Crippen LogP contribution in [0.15, 0.2) is 12.1 Å². The van der Waals surface area contributed by atoms with Crippen molar-refractivity contribution in [2.75, 3.05) is 7.11 Å². The van der Waals surface area contributed by atoms with Crippen LogP contribution in [0.5, 0.6) is 5.88 Å². The van der Waals surface area contributed by atoms with Gasteiger partial charge in [-0.3, -0.25) is 0 Å². The molecule has 2 aliphatic heterocycles. The highest BCUT2D eigenvalue weighted by atomic mass is 16.5. The summed E-state index contributed by atoms with van der Waals surface area (Å²) in [5.41, 5.74) is 1.75. The molecule has 2 aliphatic rings. The molecule has 4 heterocycles. The summed E-state index contributed by atoms with van der Waals surface area (Å²) in [4.78, 5) is 12.4. The summed E-state index contributed by atoms with van der Waals surface area (Å²) in [7, 11) is 1.63. The molecule has 4 rings (SSSR count). The van der Waals surface area contributed by atoms with E-state index in [1.807, 2.05) is 12.1 Å². The summed E-state index contributed by atoms with van der Waals surface area (Å²) in [6, 6.07) is 5.13. The van der Waals surface area contributed by atoms with Crippen LogP contribution in [-0.2, 0) is 0 Å². The van der Waals surface area contributed by atoms with E-state index in [0.29, 0.717) is 23.9 Å². The van der Waals surface area contributed by atoms with Crippen molar-refractivity contribution in [3.63, 3.8) is 0 Å². The average Bonchev–Trinajstić information content (AvgIpc) is 3.11. The summed E-state index contributed by atoms with van der Waals surface area (Å²) in [6.45, 7) is 0. The molecule has 3 atom stereocenters. The minimum Gasteiger partial charge on any atom is -0.481 e. The minimum atomic E-state index is 0.518. The van der Waals surface area contributed by atoms with Gasteiger partial charge >= 0.3 is 0 Å². The Hall–Kier alpha value is -1.62. The van der Waals surface area contributed by atoms with Gasteiger partial charge in [0.2, 0.25) is 5.88 Å². The number of nitrogens with zero attached hydrogens (tertiary/aromatic N) is 2. The summed E-state index contributed by atoms with van der Waals surface area (Å²) in [5.74, 6) is 2.21. The van der Waals surface area contributed by atoms with Crippen LogP contribution < -0.4 is 10.1 Å². The number of H-pyrrole nitrogens is 1. The first kappa shape index (κ1) is 10.3. The Morgan fingerprint density at radius 2 is 2.22 bits per heavy atom. The number of imidazole rings is 1. The summed E-state index contributed by atoms with van der Waals surface area (Å²) in [6.07, 6.45) is 3.78. The molecule has 18 heavy (non-hydrogen) atoms. The van der Waals surface area contributed by atoms with Gasteiger partial charge in [0.05, 0.1) is 12.6 Å². The van der Waals surface area contributed by atoms with E-state index in [1.165, 1.54) is 19.3 Å². The maximum atomic E-state index is 5.13. The van der Waals surface area contributed by atoms with Crippen LogP contribution in [0.2, 0.25) is 0 Å². The Morgan fingerprint density at radius 3 is 2.94 bits per heavy atom. The van der Waals surface area contributed by atoms with Crippen molar-refractivity contribution >= 4 is 11.2 Å². The van der Waals surface area contributed by atoms with Crippen LogP contribution >= 0.6 is 0 Å². The van der Waals surface area contributed by atoms with Crippen molar-refractivity contribution in [3.05, 3.63) is 18.0 Å². The SMILES string of the molecule is COc1ccc2[nH]c(C3CC4CCC3N4)nc2n1. The molecule has 2 N–H and O–H groups in total. The van der Waals surface area contributed by atoms with Crippen molar-refractivity contribution in [3.8, 4) is 5.88 Å². The zero-order valence-electron chi connectivity index (χ0n) is 10.3. The van der Waals surface area contributed by atoms with E-state index in [4.69, 9.17) is 4.74 Å². The van der Waals surface area contributed by atoms with E-state index in [-0.39, 0.29) is 0 Å². The Bertz CT molecular complexity index is 594. The molecule has 2 bridgehead atoms. The molecule has 0 radical (unpaired) electrons. The van der Waals surface area contributed by atoms with Gasteiger partial charge < -0.3 is 15.0 Å². The van der Waals surface area contributed by atoms with Crippen LogP contribution in [0.3, 0.4) is 0 Å². The number of rotatable bonds is 2. The second-order valence-corrected chi connectivity index (χ2v) is 5.24. The van der Waals surface area contributed by atoms with E-state index in [9.17, 15) is 0 Å². The Morgan fingerprint density at radius 1 is 1.28 bits per heavy atom. The van der Waals surface area contributed by atoms with Gasteiger partial charge in [0.1, 0.15) is 5.82 Å². The zero-order valence-corrected chi connectivity index (χ0v) is 10.3. The molecule has 2 fully saturated rings. The van der Waals surface area contributed by atoms with Gasteiger partial charge in [-0.1, -0.05) is 0 Å². The maximum Gasteiger partial charge on any atom is 0.215 e. The van der Waals surface area contributed by atoms with Crippen molar-refractivity contribution in [1.82, 2.24) is 20.3 Å². The molecule has 3 unspecified atom stereocenters. The minimum absolute atomic E-state index is 0.518. The molecule has 5 nitrogen and oxygen atoms in total. The monoisotopic (exact) mass is 244 g/mol. The van der Waals surface area contributed by atoms with Crippen molar-refractivity contribution in [2.24, 2.45) is 0 Å². The van der Waals surface area contributed by atoms with E-state index in [1.54, 1.807) is 7.11 Å². The summed E-state index contributed by atoms with van der Waals surface area (Å²) < 4.78 is 5.13. The number of ether oxygens (including phenoxy) is 1. The molecule has 0 amide bonds. The van der Waals surface area contributed by atoms with Crippen LogP contribution in [0.4, 0.5) is 0 Å². The third-order valence-corrected chi connectivity index (χ3v) is 4.20. The van der Waals surface area contributed by atoms with E-state index in [0.717, 1.165) is 17.0 Å². The number of nitrogens with one attached hydrogen (secondary N) is 2. The molecule has 2 aromatic heterocycles. The molecule has 94 valence electrons. The van der Waals surface area contributed by atoms with Crippen LogP contribution in [0, 0.1) is 0 Å². The molecule has 5 heteroatoms. The van der Waals surface area contributed by atoms with Gasteiger partial charge in [0.25, 0.3) is 0 Å². The predicted octanol–water partition coefficient (Wildman–Crippen LogP) is 1.57. The highest BCUT2D eigenvalue weighted by Crippen LogP contribution is 2.39.